The fourth-order valence-electron chi connectivity index (χ4n) is 6.25. The molecule has 0 amide bonds. The Morgan fingerprint density at radius 3 is 1.73 bits per heavy atom. The Labute approximate surface area is 287 Å². The van der Waals surface area contributed by atoms with Crippen LogP contribution in [0.3, 0.4) is 0 Å². The highest BCUT2D eigenvalue weighted by molar-refractivity contribution is 7.21. The number of nitrogens with zero attached hydrogens (tertiary/aromatic N) is 5. The molecule has 0 saturated heterocycles. The van der Waals surface area contributed by atoms with E-state index < -0.39 is 0 Å². The Hall–Kier alpha value is -6.37. The number of thiazole rings is 1. The van der Waals surface area contributed by atoms with Crippen molar-refractivity contribution in [2.24, 2.45) is 0 Å². The van der Waals surface area contributed by atoms with Gasteiger partial charge in [0.05, 0.1) is 10.2 Å². The number of rotatable bonds is 6. The zero-order valence-electron chi connectivity index (χ0n) is 26.2. The van der Waals surface area contributed by atoms with Crippen LogP contribution in [-0.4, -0.2) is 24.9 Å². The Bertz CT molecular complexity index is 2540. The topological polar surface area (TPSA) is 64.5 Å². The van der Waals surface area contributed by atoms with Crippen molar-refractivity contribution in [2.45, 2.75) is 0 Å². The van der Waals surface area contributed by atoms with Crippen molar-refractivity contribution < 1.29 is 0 Å². The second kappa shape index (κ2) is 12.3. The highest BCUT2D eigenvalue weighted by Gasteiger charge is 2.17. The van der Waals surface area contributed by atoms with E-state index in [4.69, 9.17) is 19.9 Å². The summed E-state index contributed by atoms with van der Waals surface area (Å²) in [6, 6.07) is 52.1. The largest absolute Gasteiger partial charge is 0.264 e. The van der Waals surface area contributed by atoms with Gasteiger partial charge in [0.2, 0.25) is 0 Å². The Morgan fingerprint density at radius 1 is 0.408 bits per heavy atom. The van der Waals surface area contributed by atoms with Gasteiger partial charge in [-0.1, -0.05) is 127 Å². The van der Waals surface area contributed by atoms with Gasteiger partial charge in [-0.05, 0) is 51.9 Å². The third-order valence-electron chi connectivity index (χ3n) is 8.67. The monoisotopic (exact) mass is 645 g/mol. The molecule has 0 atom stereocenters. The summed E-state index contributed by atoms with van der Waals surface area (Å²) in [5.41, 5.74) is 9.35. The maximum Gasteiger partial charge on any atom is 0.164 e. The summed E-state index contributed by atoms with van der Waals surface area (Å²) in [5.74, 6) is 1.89. The van der Waals surface area contributed by atoms with Crippen LogP contribution >= 0.6 is 11.3 Å². The standard InChI is InChI=1S/C43H27N5S/c1-4-11-28(12-5-1)40-46-41(29-13-6-2-7-14-29)48-42(47-40)32-19-21-34(37(25-32)36-18-10-17-33-27-44-24-23-35(33)36)31-20-22-38-39(26-31)49-43(45-38)30-15-8-3-9-16-30/h1-27H. The third kappa shape index (κ3) is 5.54. The SMILES string of the molecule is c1ccc(-c2nc(-c3ccccc3)nc(-c3ccc(-c4ccc5nc(-c6ccccc6)sc5c4)c(-c4cccc5cnccc45)c3)n2)cc1. The predicted octanol–water partition coefficient (Wildman–Crippen LogP) is 11.0. The van der Waals surface area contributed by atoms with E-state index in [0.717, 1.165) is 70.5 Å². The van der Waals surface area contributed by atoms with Gasteiger partial charge in [0.25, 0.3) is 0 Å². The molecule has 230 valence electrons. The van der Waals surface area contributed by atoms with Gasteiger partial charge in [0.1, 0.15) is 5.01 Å². The molecule has 3 heterocycles. The average Bonchev–Trinajstić information content (AvgIpc) is 3.62. The first kappa shape index (κ1) is 28.8. The first-order valence-electron chi connectivity index (χ1n) is 16.1. The summed E-state index contributed by atoms with van der Waals surface area (Å²) in [7, 11) is 0. The maximum absolute atomic E-state index is 5.03. The molecule has 0 N–H and O–H groups in total. The van der Waals surface area contributed by atoms with Gasteiger partial charge in [-0.3, -0.25) is 4.98 Å². The maximum atomic E-state index is 5.03. The van der Waals surface area contributed by atoms with Crippen LogP contribution in [0.4, 0.5) is 0 Å². The second-order valence-corrected chi connectivity index (χ2v) is 12.8. The molecular weight excluding hydrogens is 619 g/mol. The zero-order chi connectivity index (χ0) is 32.6. The van der Waals surface area contributed by atoms with E-state index in [-0.39, 0.29) is 0 Å². The fraction of sp³-hybridized carbons (Fsp3) is 0. The molecule has 0 radical (unpaired) electrons. The van der Waals surface area contributed by atoms with Crippen molar-refractivity contribution in [3.63, 3.8) is 0 Å². The number of hydrogen-bond acceptors (Lipinski definition) is 6. The van der Waals surface area contributed by atoms with Crippen LogP contribution in [0.2, 0.25) is 0 Å². The van der Waals surface area contributed by atoms with E-state index in [1.807, 2.05) is 79.1 Å². The van der Waals surface area contributed by atoms with Crippen LogP contribution in [0.25, 0.3) is 88.0 Å². The van der Waals surface area contributed by atoms with Gasteiger partial charge in [-0.25, -0.2) is 19.9 Å². The number of benzene rings is 6. The van der Waals surface area contributed by atoms with Crippen molar-refractivity contribution >= 4 is 32.3 Å². The minimum Gasteiger partial charge on any atom is -0.264 e. The number of hydrogen-bond donors (Lipinski definition) is 0. The van der Waals surface area contributed by atoms with Crippen molar-refractivity contribution in [2.75, 3.05) is 0 Å². The first-order chi connectivity index (χ1) is 24.3. The molecule has 5 nitrogen and oxygen atoms in total. The van der Waals surface area contributed by atoms with Crippen LogP contribution in [0, 0.1) is 0 Å². The summed E-state index contributed by atoms with van der Waals surface area (Å²) >= 11 is 1.72. The molecule has 9 aromatic rings. The number of pyridine rings is 1. The van der Waals surface area contributed by atoms with E-state index in [1.165, 1.54) is 0 Å². The van der Waals surface area contributed by atoms with Gasteiger partial charge in [-0.2, -0.15) is 0 Å². The first-order valence-corrected chi connectivity index (χ1v) is 16.9. The molecule has 9 rings (SSSR count). The zero-order valence-corrected chi connectivity index (χ0v) is 27.0. The number of fused-ring (bicyclic) bond motifs is 2. The van der Waals surface area contributed by atoms with Crippen LogP contribution in [0.1, 0.15) is 0 Å². The van der Waals surface area contributed by atoms with Crippen LogP contribution in [-0.2, 0) is 0 Å². The van der Waals surface area contributed by atoms with Gasteiger partial charge in [0, 0.05) is 40.0 Å². The Balaban J connectivity index is 1.25. The van der Waals surface area contributed by atoms with Crippen LogP contribution in [0.5, 0.6) is 0 Å². The molecule has 0 unspecified atom stereocenters. The Kier molecular flexibility index (Phi) is 7.26. The lowest BCUT2D eigenvalue weighted by Crippen LogP contribution is -2.00. The Morgan fingerprint density at radius 2 is 1.04 bits per heavy atom. The summed E-state index contributed by atoms with van der Waals surface area (Å²) < 4.78 is 1.14. The van der Waals surface area contributed by atoms with E-state index in [0.29, 0.717) is 17.5 Å². The lowest BCUT2D eigenvalue weighted by atomic mass is 9.90. The molecule has 0 bridgehead atoms. The fourth-order valence-corrected chi connectivity index (χ4v) is 7.26. The molecule has 0 aliphatic carbocycles. The van der Waals surface area contributed by atoms with Crippen LogP contribution in [0.15, 0.2) is 164 Å². The molecule has 0 saturated carbocycles. The summed E-state index contributed by atoms with van der Waals surface area (Å²) in [6.07, 6.45) is 3.77. The third-order valence-corrected chi connectivity index (χ3v) is 9.74. The quantitative estimate of drug-likeness (QED) is 0.180. The van der Waals surface area contributed by atoms with E-state index in [2.05, 4.69) is 89.9 Å². The highest BCUT2D eigenvalue weighted by Crippen LogP contribution is 2.41. The molecule has 6 heteroatoms. The molecule has 0 spiro atoms. The summed E-state index contributed by atoms with van der Waals surface area (Å²) in [6.45, 7) is 0. The van der Waals surface area contributed by atoms with Gasteiger partial charge >= 0.3 is 0 Å². The van der Waals surface area contributed by atoms with Crippen molar-refractivity contribution in [3.05, 3.63) is 164 Å². The van der Waals surface area contributed by atoms with Crippen molar-refractivity contribution in [3.8, 4) is 67.0 Å². The van der Waals surface area contributed by atoms with E-state index in [1.54, 1.807) is 11.3 Å². The lowest BCUT2D eigenvalue weighted by molar-refractivity contribution is 1.07. The molecular formula is C43H27N5S. The van der Waals surface area contributed by atoms with Crippen molar-refractivity contribution in [1.29, 1.82) is 0 Å². The van der Waals surface area contributed by atoms with E-state index >= 15 is 0 Å². The average molecular weight is 646 g/mol. The van der Waals surface area contributed by atoms with E-state index in [9.17, 15) is 0 Å². The van der Waals surface area contributed by atoms with Gasteiger partial charge in [-0.15, -0.1) is 11.3 Å². The molecule has 6 aromatic carbocycles. The molecule has 0 fully saturated rings. The molecule has 49 heavy (non-hydrogen) atoms. The highest BCUT2D eigenvalue weighted by atomic mass is 32.1. The lowest BCUT2D eigenvalue weighted by Gasteiger charge is -2.15. The number of aromatic nitrogens is 5. The summed E-state index contributed by atoms with van der Waals surface area (Å²) in [5, 5.41) is 3.23. The van der Waals surface area contributed by atoms with Crippen LogP contribution < -0.4 is 0 Å². The van der Waals surface area contributed by atoms with Crippen molar-refractivity contribution in [1.82, 2.24) is 24.9 Å². The molecule has 0 aliphatic rings. The minimum absolute atomic E-state index is 0.618. The molecule has 0 aliphatic heterocycles. The smallest absolute Gasteiger partial charge is 0.164 e. The minimum atomic E-state index is 0.618. The van der Waals surface area contributed by atoms with Gasteiger partial charge < -0.3 is 0 Å². The normalized spacial score (nSPS) is 11.3. The van der Waals surface area contributed by atoms with Gasteiger partial charge in [0.15, 0.2) is 17.5 Å². The predicted molar refractivity (Wildman–Crippen MR) is 201 cm³/mol. The molecule has 3 aromatic heterocycles. The summed E-state index contributed by atoms with van der Waals surface area (Å²) in [4.78, 5) is 24.3. The second-order valence-electron chi connectivity index (χ2n) is 11.8.